The van der Waals surface area contributed by atoms with Gasteiger partial charge in [0.2, 0.25) is 5.91 Å². The number of hydrogen-bond acceptors (Lipinski definition) is 1. The van der Waals surface area contributed by atoms with E-state index >= 15 is 0 Å². The summed E-state index contributed by atoms with van der Waals surface area (Å²) in [5.74, 6) is 0.430. The summed E-state index contributed by atoms with van der Waals surface area (Å²) in [6.45, 7) is 8.24. The van der Waals surface area contributed by atoms with E-state index in [1.54, 1.807) is 0 Å². The fourth-order valence-electron chi connectivity index (χ4n) is 2.16. The molecule has 0 aliphatic carbocycles. The molecule has 1 aliphatic heterocycles. The average Bonchev–Trinajstić information content (AvgIpc) is 2.39. The number of benzene rings is 1. The molecule has 80 valence electrons. The Bertz CT molecular complexity index is 423. The molecule has 1 amide bonds. The van der Waals surface area contributed by atoms with Gasteiger partial charge in [0.05, 0.1) is 5.41 Å². The third-order valence-electron chi connectivity index (χ3n) is 3.61. The van der Waals surface area contributed by atoms with E-state index in [0.29, 0.717) is 5.92 Å². The highest BCUT2D eigenvalue weighted by Gasteiger charge is 2.44. The van der Waals surface area contributed by atoms with Crippen LogP contribution in [0.15, 0.2) is 18.2 Å². The van der Waals surface area contributed by atoms with Gasteiger partial charge in [-0.05, 0) is 37.0 Å². The quantitative estimate of drug-likeness (QED) is 0.747. The smallest absolute Gasteiger partial charge is 0.235 e. The maximum absolute atomic E-state index is 12.0. The van der Waals surface area contributed by atoms with Gasteiger partial charge in [0.25, 0.3) is 0 Å². The van der Waals surface area contributed by atoms with Crippen molar-refractivity contribution in [3.63, 3.8) is 0 Å². The molecule has 1 aromatic carbocycles. The number of carbonyl (C=O) groups excluding carboxylic acids is 1. The molecule has 0 saturated carbocycles. The molecule has 1 aromatic rings. The number of fused-ring (bicyclic) bond motifs is 1. The summed E-state index contributed by atoms with van der Waals surface area (Å²) in [4.78, 5) is 12.0. The maximum Gasteiger partial charge on any atom is 0.235 e. The highest BCUT2D eigenvalue weighted by molar-refractivity contribution is 6.06. The number of hydrogen-bond donors (Lipinski definition) is 1. The van der Waals surface area contributed by atoms with Crippen molar-refractivity contribution < 1.29 is 4.79 Å². The molecule has 2 nitrogen and oxygen atoms in total. The summed E-state index contributed by atoms with van der Waals surface area (Å²) >= 11 is 0. The molecule has 1 heterocycles. The number of anilines is 1. The van der Waals surface area contributed by atoms with Crippen molar-refractivity contribution >= 4 is 11.6 Å². The van der Waals surface area contributed by atoms with E-state index in [1.165, 1.54) is 5.56 Å². The lowest BCUT2D eigenvalue weighted by atomic mass is 9.74. The summed E-state index contributed by atoms with van der Waals surface area (Å²) in [7, 11) is 0. The molecule has 0 saturated heterocycles. The molecule has 0 fully saturated rings. The van der Waals surface area contributed by atoms with E-state index in [1.807, 2.05) is 19.9 Å². The summed E-state index contributed by atoms with van der Waals surface area (Å²) in [5, 5.41) is 2.97. The molecule has 0 radical (unpaired) electrons. The lowest BCUT2D eigenvalue weighted by Crippen LogP contribution is -2.36. The number of rotatable bonds is 1. The normalized spacial score (nSPS) is 24.2. The predicted octanol–water partition coefficient (Wildman–Crippen LogP) is 2.86. The first-order valence-electron chi connectivity index (χ1n) is 5.39. The van der Waals surface area contributed by atoms with Crippen molar-refractivity contribution in [2.24, 2.45) is 5.92 Å². The summed E-state index contributed by atoms with van der Waals surface area (Å²) in [6.07, 6.45) is 0. The minimum Gasteiger partial charge on any atom is -0.325 e. The van der Waals surface area contributed by atoms with Crippen molar-refractivity contribution in [2.45, 2.75) is 33.1 Å². The Morgan fingerprint density at radius 2 is 2.00 bits per heavy atom. The monoisotopic (exact) mass is 203 g/mol. The van der Waals surface area contributed by atoms with E-state index in [2.05, 4.69) is 31.3 Å². The zero-order chi connectivity index (χ0) is 11.2. The number of amides is 1. The van der Waals surface area contributed by atoms with Crippen LogP contribution in [0, 0.1) is 12.8 Å². The van der Waals surface area contributed by atoms with E-state index < -0.39 is 0 Å². The van der Waals surface area contributed by atoms with Gasteiger partial charge in [-0.25, -0.2) is 0 Å². The van der Waals surface area contributed by atoms with E-state index in [-0.39, 0.29) is 11.3 Å². The number of carbonyl (C=O) groups is 1. The molecule has 15 heavy (non-hydrogen) atoms. The topological polar surface area (TPSA) is 29.1 Å². The first-order chi connectivity index (χ1) is 6.96. The predicted molar refractivity (Wildman–Crippen MR) is 62.0 cm³/mol. The summed E-state index contributed by atoms with van der Waals surface area (Å²) in [6, 6.07) is 6.18. The summed E-state index contributed by atoms with van der Waals surface area (Å²) in [5.41, 5.74) is 2.93. The Morgan fingerprint density at radius 1 is 1.33 bits per heavy atom. The van der Waals surface area contributed by atoms with Gasteiger partial charge in [-0.3, -0.25) is 4.79 Å². The fraction of sp³-hybridized carbons (Fsp3) is 0.462. The second-order valence-electron chi connectivity index (χ2n) is 4.86. The SMILES string of the molecule is Cc1ccc2c(c1)NC(=O)C2(C)C(C)C. The van der Waals surface area contributed by atoms with Gasteiger partial charge in [-0.2, -0.15) is 0 Å². The van der Waals surface area contributed by atoms with Crippen molar-refractivity contribution in [3.05, 3.63) is 29.3 Å². The first kappa shape index (κ1) is 10.2. The zero-order valence-electron chi connectivity index (χ0n) is 9.72. The third kappa shape index (κ3) is 1.28. The molecule has 0 aromatic heterocycles. The van der Waals surface area contributed by atoms with Crippen LogP contribution >= 0.6 is 0 Å². The maximum atomic E-state index is 12.0. The van der Waals surface area contributed by atoms with E-state index in [4.69, 9.17) is 0 Å². The highest BCUT2D eigenvalue weighted by atomic mass is 16.2. The Labute approximate surface area is 90.7 Å². The zero-order valence-corrected chi connectivity index (χ0v) is 9.72. The molecule has 2 rings (SSSR count). The van der Waals surface area contributed by atoms with Crippen LogP contribution in [0.25, 0.3) is 0 Å². The van der Waals surface area contributed by atoms with Gasteiger partial charge in [0.15, 0.2) is 0 Å². The highest BCUT2D eigenvalue weighted by Crippen LogP contribution is 2.42. The lowest BCUT2D eigenvalue weighted by molar-refractivity contribution is -0.121. The van der Waals surface area contributed by atoms with Gasteiger partial charge in [0.1, 0.15) is 0 Å². The first-order valence-corrected chi connectivity index (χ1v) is 5.39. The van der Waals surface area contributed by atoms with Crippen LogP contribution in [0.1, 0.15) is 31.9 Å². The second kappa shape index (κ2) is 3.09. The van der Waals surface area contributed by atoms with E-state index in [9.17, 15) is 4.79 Å². The third-order valence-corrected chi connectivity index (χ3v) is 3.61. The Hall–Kier alpha value is -1.31. The van der Waals surface area contributed by atoms with Crippen LogP contribution in [0.5, 0.6) is 0 Å². The molecule has 1 N–H and O–H groups in total. The largest absolute Gasteiger partial charge is 0.325 e. The fourth-order valence-corrected chi connectivity index (χ4v) is 2.16. The molecule has 1 unspecified atom stereocenters. The van der Waals surface area contributed by atoms with Crippen LogP contribution < -0.4 is 5.32 Å². The number of nitrogens with one attached hydrogen (secondary N) is 1. The molecule has 2 heteroatoms. The molecule has 0 bridgehead atoms. The van der Waals surface area contributed by atoms with Gasteiger partial charge < -0.3 is 5.32 Å². The molecule has 0 spiro atoms. The van der Waals surface area contributed by atoms with Gasteiger partial charge in [-0.15, -0.1) is 0 Å². The Morgan fingerprint density at radius 3 is 2.60 bits per heavy atom. The lowest BCUT2D eigenvalue weighted by Gasteiger charge is -2.26. The average molecular weight is 203 g/mol. The van der Waals surface area contributed by atoms with Crippen LogP contribution in [-0.2, 0) is 10.2 Å². The van der Waals surface area contributed by atoms with Crippen LogP contribution in [-0.4, -0.2) is 5.91 Å². The van der Waals surface area contributed by atoms with Gasteiger partial charge in [0, 0.05) is 5.69 Å². The van der Waals surface area contributed by atoms with Crippen LogP contribution in [0.4, 0.5) is 5.69 Å². The molecular formula is C13H17NO. The van der Waals surface area contributed by atoms with Gasteiger partial charge in [-0.1, -0.05) is 26.0 Å². The molecule has 1 atom stereocenters. The summed E-state index contributed by atoms with van der Waals surface area (Å²) < 4.78 is 0. The second-order valence-corrected chi connectivity index (χ2v) is 4.86. The van der Waals surface area contributed by atoms with E-state index in [0.717, 1.165) is 11.3 Å². The Kier molecular flexibility index (Phi) is 2.10. The van der Waals surface area contributed by atoms with Crippen molar-refractivity contribution in [1.82, 2.24) is 0 Å². The van der Waals surface area contributed by atoms with Gasteiger partial charge >= 0.3 is 0 Å². The Balaban J connectivity index is 2.60. The minimum absolute atomic E-state index is 0.123. The van der Waals surface area contributed by atoms with Crippen molar-refractivity contribution in [1.29, 1.82) is 0 Å². The van der Waals surface area contributed by atoms with Crippen molar-refractivity contribution in [2.75, 3.05) is 5.32 Å². The molecule has 1 aliphatic rings. The van der Waals surface area contributed by atoms with Crippen LogP contribution in [0.3, 0.4) is 0 Å². The van der Waals surface area contributed by atoms with Crippen LogP contribution in [0.2, 0.25) is 0 Å². The minimum atomic E-state index is -0.372. The molecular weight excluding hydrogens is 186 g/mol. The van der Waals surface area contributed by atoms with Crippen molar-refractivity contribution in [3.8, 4) is 0 Å². The standard InChI is InChI=1S/C13H17NO/c1-8(2)13(4)10-6-5-9(3)7-11(10)14-12(13)15/h5-8H,1-4H3,(H,14,15). The number of aryl methyl sites for hydroxylation is 1.